The lowest BCUT2D eigenvalue weighted by atomic mass is 10.0. The predicted octanol–water partition coefficient (Wildman–Crippen LogP) is 3.30. The standard InChI is InChI=1S/C15H13BrFN3O/c1-7-3-4-8-12-10(5-9(17)13(8)16)18-6-11-14(12)20(7)15(21)19(11)2/h5-7H,3-4H2,1-2H3/t7-/m0/s1. The molecule has 0 saturated carbocycles. The van der Waals surface area contributed by atoms with E-state index in [1.165, 1.54) is 6.07 Å². The fraction of sp³-hybridized carbons (Fsp3) is 0.333. The number of aryl methyl sites for hydroxylation is 2. The Kier molecular flexibility index (Phi) is 2.58. The molecule has 3 aromatic rings. The van der Waals surface area contributed by atoms with E-state index in [1.807, 2.05) is 11.5 Å². The molecule has 0 amide bonds. The molecule has 0 spiro atoms. The van der Waals surface area contributed by atoms with Crippen molar-refractivity contribution in [2.45, 2.75) is 25.8 Å². The van der Waals surface area contributed by atoms with Crippen molar-refractivity contribution >= 4 is 37.9 Å². The van der Waals surface area contributed by atoms with Gasteiger partial charge in [0, 0.05) is 24.5 Å². The van der Waals surface area contributed by atoms with Gasteiger partial charge in [-0.1, -0.05) is 0 Å². The summed E-state index contributed by atoms with van der Waals surface area (Å²) in [6.07, 6.45) is 3.18. The fourth-order valence-corrected chi connectivity index (χ4v) is 3.84. The third-order valence-corrected chi connectivity index (χ3v) is 5.31. The highest BCUT2D eigenvalue weighted by atomic mass is 79.9. The first-order valence-electron chi connectivity index (χ1n) is 6.87. The molecule has 0 N–H and O–H groups in total. The average molecular weight is 350 g/mol. The maximum Gasteiger partial charge on any atom is 0.329 e. The van der Waals surface area contributed by atoms with Crippen LogP contribution >= 0.6 is 15.9 Å². The second-order valence-electron chi connectivity index (χ2n) is 5.64. The number of rotatable bonds is 0. The Morgan fingerprint density at radius 2 is 2.24 bits per heavy atom. The third-order valence-electron chi connectivity index (χ3n) is 4.45. The molecule has 1 aliphatic heterocycles. The minimum atomic E-state index is -0.302. The van der Waals surface area contributed by atoms with Gasteiger partial charge >= 0.3 is 5.69 Å². The summed E-state index contributed by atoms with van der Waals surface area (Å²) in [5.74, 6) is -0.302. The predicted molar refractivity (Wildman–Crippen MR) is 83.2 cm³/mol. The van der Waals surface area contributed by atoms with Crippen molar-refractivity contribution in [2.24, 2.45) is 7.05 Å². The van der Waals surface area contributed by atoms with E-state index >= 15 is 0 Å². The molecule has 0 saturated heterocycles. The minimum absolute atomic E-state index is 0.0416. The Bertz CT molecular complexity index is 973. The molecule has 3 heterocycles. The van der Waals surface area contributed by atoms with Gasteiger partial charge < -0.3 is 0 Å². The highest BCUT2D eigenvalue weighted by molar-refractivity contribution is 9.10. The van der Waals surface area contributed by atoms with E-state index < -0.39 is 0 Å². The lowest BCUT2D eigenvalue weighted by Crippen LogP contribution is -2.24. The van der Waals surface area contributed by atoms with Crippen molar-refractivity contribution in [1.82, 2.24) is 14.1 Å². The molecule has 0 unspecified atom stereocenters. The Morgan fingerprint density at radius 1 is 1.48 bits per heavy atom. The molecule has 0 aliphatic carbocycles. The van der Waals surface area contributed by atoms with Crippen LogP contribution in [0.5, 0.6) is 0 Å². The number of pyridine rings is 1. The van der Waals surface area contributed by atoms with Crippen LogP contribution in [0.3, 0.4) is 0 Å². The van der Waals surface area contributed by atoms with Crippen LogP contribution in [0.2, 0.25) is 0 Å². The fourth-order valence-electron chi connectivity index (χ4n) is 3.33. The molecule has 4 nitrogen and oxygen atoms in total. The number of benzene rings is 1. The average Bonchev–Trinajstić information content (AvgIpc) is 2.62. The topological polar surface area (TPSA) is 39.8 Å². The largest absolute Gasteiger partial charge is 0.329 e. The zero-order valence-corrected chi connectivity index (χ0v) is 13.2. The molecule has 4 rings (SSSR count). The molecule has 0 fully saturated rings. The number of hydrogen-bond acceptors (Lipinski definition) is 2. The van der Waals surface area contributed by atoms with Gasteiger partial charge in [-0.2, -0.15) is 0 Å². The van der Waals surface area contributed by atoms with Crippen molar-refractivity contribution in [2.75, 3.05) is 0 Å². The number of hydrogen-bond donors (Lipinski definition) is 0. The van der Waals surface area contributed by atoms with Gasteiger partial charge in [-0.15, -0.1) is 0 Å². The van der Waals surface area contributed by atoms with E-state index in [2.05, 4.69) is 20.9 Å². The second kappa shape index (κ2) is 4.16. The van der Waals surface area contributed by atoms with Crippen molar-refractivity contribution in [3.63, 3.8) is 0 Å². The monoisotopic (exact) mass is 349 g/mol. The van der Waals surface area contributed by atoms with Gasteiger partial charge in [-0.3, -0.25) is 14.1 Å². The van der Waals surface area contributed by atoms with Gasteiger partial charge in [0.1, 0.15) is 5.82 Å². The third kappa shape index (κ3) is 1.54. The van der Waals surface area contributed by atoms with Gasteiger partial charge in [-0.05, 0) is 41.3 Å². The quantitative estimate of drug-likeness (QED) is 0.624. The Labute approximate surface area is 128 Å². The molecule has 1 aliphatic rings. The minimum Gasteiger partial charge on any atom is -0.293 e. The molecule has 1 atom stereocenters. The molecule has 0 radical (unpaired) electrons. The van der Waals surface area contributed by atoms with Crippen LogP contribution in [-0.2, 0) is 13.5 Å². The normalized spacial score (nSPS) is 17.8. The Morgan fingerprint density at radius 3 is 3.00 bits per heavy atom. The van der Waals surface area contributed by atoms with Crippen molar-refractivity contribution in [1.29, 1.82) is 0 Å². The second-order valence-corrected chi connectivity index (χ2v) is 6.43. The van der Waals surface area contributed by atoms with E-state index in [-0.39, 0.29) is 17.5 Å². The smallest absolute Gasteiger partial charge is 0.293 e. The summed E-state index contributed by atoms with van der Waals surface area (Å²) in [5, 5.41) is 0.892. The van der Waals surface area contributed by atoms with Crippen LogP contribution < -0.4 is 5.69 Å². The van der Waals surface area contributed by atoms with Gasteiger partial charge in [0.15, 0.2) is 0 Å². The van der Waals surface area contributed by atoms with Crippen LogP contribution in [0.15, 0.2) is 21.5 Å². The van der Waals surface area contributed by atoms with Crippen molar-refractivity contribution < 1.29 is 4.39 Å². The van der Waals surface area contributed by atoms with Crippen LogP contribution in [-0.4, -0.2) is 14.1 Å². The highest BCUT2D eigenvalue weighted by Crippen LogP contribution is 2.37. The Balaban J connectivity index is 2.38. The van der Waals surface area contributed by atoms with E-state index in [0.29, 0.717) is 9.99 Å². The molecule has 2 aromatic heterocycles. The first-order valence-corrected chi connectivity index (χ1v) is 7.66. The molecular weight excluding hydrogens is 337 g/mol. The molecule has 108 valence electrons. The van der Waals surface area contributed by atoms with Crippen molar-refractivity contribution in [3.05, 3.63) is 38.6 Å². The SMILES string of the molecule is C[C@H]1CCc2c(Br)c(F)cc3ncc4c(c23)n1c(=O)n4C. The van der Waals surface area contributed by atoms with Gasteiger partial charge in [0.2, 0.25) is 0 Å². The summed E-state index contributed by atoms with van der Waals surface area (Å²) < 4.78 is 18.0. The maximum absolute atomic E-state index is 14.1. The van der Waals surface area contributed by atoms with Crippen LogP contribution in [0.25, 0.3) is 21.9 Å². The molecule has 6 heteroatoms. The number of nitrogens with zero attached hydrogens (tertiary/aromatic N) is 3. The summed E-state index contributed by atoms with van der Waals surface area (Å²) in [6.45, 7) is 2.03. The number of aromatic nitrogens is 3. The molecule has 0 bridgehead atoms. The Hall–Kier alpha value is -1.69. The summed E-state index contributed by atoms with van der Waals surface area (Å²) in [4.78, 5) is 16.9. The molecule has 1 aromatic carbocycles. The lowest BCUT2D eigenvalue weighted by molar-refractivity contribution is 0.503. The van der Waals surface area contributed by atoms with E-state index in [4.69, 9.17) is 0 Å². The maximum atomic E-state index is 14.1. The van der Waals surface area contributed by atoms with Gasteiger partial charge in [0.25, 0.3) is 0 Å². The van der Waals surface area contributed by atoms with Gasteiger partial charge in [0.05, 0.1) is 27.2 Å². The van der Waals surface area contributed by atoms with Crippen molar-refractivity contribution in [3.8, 4) is 0 Å². The van der Waals surface area contributed by atoms with Crippen LogP contribution in [0, 0.1) is 5.82 Å². The summed E-state index contributed by atoms with van der Waals surface area (Å²) >= 11 is 3.36. The van der Waals surface area contributed by atoms with Crippen LogP contribution in [0.4, 0.5) is 4.39 Å². The lowest BCUT2D eigenvalue weighted by Gasteiger charge is -2.10. The van der Waals surface area contributed by atoms with E-state index in [1.54, 1.807) is 17.8 Å². The van der Waals surface area contributed by atoms with E-state index in [9.17, 15) is 9.18 Å². The number of halogens is 2. The van der Waals surface area contributed by atoms with E-state index in [0.717, 1.165) is 34.8 Å². The summed E-state index contributed by atoms with van der Waals surface area (Å²) in [6, 6.07) is 1.51. The molecule has 21 heavy (non-hydrogen) atoms. The van der Waals surface area contributed by atoms with Gasteiger partial charge in [-0.25, -0.2) is 9.18 Å². The first-order chi connectivity index (χ1) is 10.0. The number of imidazole rings is 1. The molecular formula is C15H13BrFN3O. The zero-order valence-electron chi connectivity index (χ0n) is 11.7. The highest BCUT2D eigenvalue weighted by Gasteiger charge is 2.25. The first kappa shape index (κ1) is 13.0. The zero-order chi connectivity index (χ0) is 14.9. The summed E-state index contributed by atoms with van der Waals surface area (Å²) in [7, 11) is 1.75. The van der Waals surface area contributed by atoms with Crippen LogP contribution in [0.1, 0.15) is 24.9 Å². The summed E-state index contributed by atoms with van der Waals surface area (Å²) in [5.41, 5.74) is 3.13.